The number of hydrogen-bond donors (Lipinski definition) is 1. The van der Waals surface area contributed by atoms with Gasteiger partial charge < -0.3 is 5.73 Å². The zero-order valence-corrected chi connectivity index (χ0v) is 10.8. The minimum Gasteiger partial charge on any atom is -0.382 e. The van der Waals surface area contributed by atoms with Gasteiger partial charge in [-0.25, -0.2) is 8.42 Å². The van der Waals surface area contributed by atoms with E-state index in [0.717, 1.165) is 0 Å². The van der Waals surface area contributed by atoms with E-state index in [-0.39, 0.29) is 17.2 Å². The maximum absolute atomic E-state index is 12.1. The summed E-state index contributed by atoms with van der Waals surface area (Å²) in [4.78, 5) is 0.145. The summed E-state index contributed by atoms with van der Waals surface area (Å²) in [7, 11) is -3.43. The lowest BCUT2D eigenvalue weighted by atomic mass is 10.2. The van der Waals surface area contributed by atoms with Crippen LogP contribution < -0.4 is 5.73 Å². The third-order valence-corrected chi connectivity index (χ3v) is 4.26. The molecule has 0 saturated carbocycles. The molecule has 0 fully saturated rings. The summed E-state index contributed by atoms with van der Waals surface area (Å²) in [5, 5.41) is 12.7. The third kappa shape index (κ3) is 3.11. The second-order valence-corrected chi connectivity index (χ2v) is 6.07. The van der Waals surface area contributed by atoms with Gasteiger partial charge in [0, 0.05) is 6.20 Å². The summed E-state index contributed by atoms with van der Waals surface area (Å²) in [5.41, 5.74) is 5.77. The van der Waals surface area contributed by atoms with Crippen molar-refractivity contribution in [2.75, 3.05) is 11.5 Å². The lowest BCUT2D eigenvalue weighted by Gasteiger charge is -2.05. The lowest BCUT2D eigenvalue weighted by Crippen LogP contribution is -2.14. The Kier molecular flexibility index (Phi) is 3.53. The largest absolute Gasteiger partial charge is 0.382 e. The van der Waals surface area contributed by atoms with Crippen molar-refractivity contribution in [1.29, 1.82) is 5.26 Å². The Hall–Kier alpha value is -2.33. The van der Waals surface area contributed by atoms with Crippen LogP contribution in [-0.2, 0) is 16.4 Å². The van der Waals surface area contributed by atoms with Gasteiger partial charge in [0.1, 0.15) is 5.82 Å². The van der Waals surface area contributed by atoms with Crippen molar-refractivity contribution in [3.8, 4) is 6.07 Å². The number of aryl methyl sites for hydroxylation is 1. The van der Waals surface area contributed by atoms with Crippen LogP contribution in [0.5, 0.6) is 0 Å². The monoisotopic (exact) mass is 276 g/mol. The molecule has 0 radical (unpaired) electrons. The Morgan fingerprint density at radius 1 is 1.37 bits per heavy atom. The van der Waals surface area contributed by atoms with Gasteiger partial charge >= 0.3 is 0 Å². The van der Waals surface area contributed by atoms with Crippen molar-refractivity contribution in [1.82, 2.24) is 9.78 Å². The molecule has 0 unspecified atom stereocenters. The standard InChI is InChI=1S/C12H12N4O2S/c13-9-10-2-1-3-11(8-10)19(17,18)7-6-16-5-4-12(14)15-16/h1-5,8H,6-7H2,(H2,14,15). The molecule has 6 nitrogen and oxygen atoms in total. The second-order valence-electron chi connectivity index (χ2n) is 3.96. The Balaban J connectivity index is 2.16. The van der Waals surface area contributed by atoms with Crippen molar-refractivity contribution in [2.24, 2.45) is 0 Å². The molecule has 98 valence electrons. The molecule has 19 heavy (non-hydrogen) atoms. The van der Waals surface area contributed by atoms with Crippen LogP contribution in [0.4, 0.5) is 5.82 Å². The van der Waals surface area contributed by atoms with E-state index in [2.05, 4.69) is 5.10 Å². The molecule has 1 heterocycles. The molecule has 1 aromatic heterocycles. The molecule has 1 aromatic carbocycles. The number of rotatable bonds is 4. The van der Waals surface area contributed by atoms with Gasteiger partial charge in [-0.3, -0.25) is 4.68 Å². The second kappa shape index (κ2) is 5.12. The number of hydrogen-bond acceptors (Lipinski definition) is 5. The highest BCUT2D eigenvalue weighted by Crippen LogP contribution is 2.13. The number of nitriles is 1. The first kappa shape index (κ1) is 13.1. The van der Waals surface area contributed by atoms with Crippen LogP contribution in [0.15, 0.2) is 41.4 Å². The maximum atomic E-state index is 12.1. The number of aromatic nitrogens is 2. The minimum absolute atomic E-state index is 0.0942. The zero-order valence-electron chi connectivity index (χ0n) is 10.0. The number of anilines is 1. The smallest absolute Gasteiger partial charge is 0.180 e. The van der Waals surface area contributed by atoms with E-state index < -0.39 is 9.84 Å². The molecule has 0 atom stereocenters. The number of nitrogens with two attached hydrogens (primary N) is 1. The van der Waals surface area contributed by atoms with Crippen molar-refractivity contribution in [2.45, 2.75) is 11.4 Å². The first-order valence-corrected chi connectivity index (χ1v) is 7.18. The highest BCUT2D eigenvalue weighted by Gasteiger charge is 2.15. The predicted octanol–water partition coefficient (Wildman–Crippen LogP) is 0.811. The van der Waals surface area contributed by atoms with Gasteiger partial charge in [0.25, 0.3) is 0 Å². The van der Waals surface area contributed by atoms with E-state index in [1.165, 1.54) is 16.8 Å². The Morgan fingerprint density at radius 2 is 2.16 bits per heavy atom. The first-order chi connectivity index (χ1) is 9.01. The normalized spacial score (nSPS) is 11.1. The van der Waals surface area contributed by atoms with Gasteiger partial charge in [0.15, 0.2) is 9.84 Å². The van der Waals surface area contributed by atoms with E-state index in [1.807, 2.05) is 6.07 Å². The minimum atomic E-state index is -3.43. The lowest BCUT2D eigenvalue weighted by molar-refractivity contribution is 0.581. The quantitative estimate of drug-likeness (QED) is 0.890. The van der Waals surface area contributed by atoms with Crippen molar-refractivity contribution in [3.63, 3.8) is 0 Å². The Morgan fingerprint density at radius 3 is 2.79 bits per heavy atom. The van der Waals surface area contributed by atoms with Gasteiger partial charge in [-0.05, 0) is 24.3 Å². The topological polar surface area (TPSA) is 102 Å². The molecule has 0 bridgehead atoms. The molecule has 7 heteroatoms. The summed E-state index contributed by atoms with van der Waals surface area (Å²) in [5.74, 6) is 0.257. The van der Waals surface area contributed by atoms with Gasteiger partial charge in [0.05, 0.1) is 28.8 Å². The average molecular weight is 276 g/mol. The fraction of sp³-hybridized carbons (Fsp3) is 0.167. The van der Waals surface area contributed by atoms with Gasteiger partial charge in [-0.1, -0.05) is 6.07 Å². The summed E-state index contributed by atoms with van der Waals surface area (Å²) >= 11 is 0. The van der Waals surface area contributed by atoms with Crippen molar-refractivity contribution >= 4 is 15.7 Å². The SMILES string of the molecule is N#Cc1cccc(S(=O)(=O)CCn2ccc(N)n2)c1. The van der Waals surface area contributed by atoms with Gasteiger partial charge in [0.2, 0.25) is 0 Å². The maximum Gasteiger partial charge on any atom is 0.180 e. The average Bonchev–Trinajstić information content (AvgIpc) is 2.82. The van der Waals surface area contributed by atoms with E-state index in [0.29, 0.717) is 11.4 Å². The van der Waals surface area contributed by atoms with E-state index in [9.17, 15) is 8.42 Å². The summed E-state index contributed by atoms with van der Waals surface area (Å²) < 4.78 is 25.7. The highest BCUT2D eigenvalue weighted by molar-refractivity contribution is 7.91. The van der Waals surface area contributed by atoms with E-state index in [1.54, 1.807) is 24.4 Å². The zero-order chi connectivity index (χ0) is 13.9. The van der Waals surface area contributed by atoms with Gasteiger partial charge in [-0.15, -0.1) is 0 Å². The number of nitrogens with zero attached hydrogens (tertiary/aromatic N) is 3. The fourth-order valence-corrected chi connectivity index (χ4v) is 2.85. The van der Waals surface area contributed by atoms with Crippen LogP contribution in [0.2, 0.25) is 0 Å². The van der Waals surface area contributed by atoms with Crippen LogP contribution >= 0.6 is 0 Å². The van der Waals surface area contributed by atoms with Crippen LogP contribution in [0.25, 0.3) is 0 Å². The number of nitrogen functional groups attached to an aromatic ring is 1. The molecule has 0 aliphatic carbocycles. The van der Waals surface area contributed by atoms with Crippen LogP contribution in [0, 0.1) is 11.3 Å². The van der Waals surface area contributed by atoms with Crippen molar-refractivity contribution < 1.29 is 8.42 Å². The van der Waals surface area contributed by atoms with E-state index in [4.69, 9.17) is 11.0 Å². The van der Waals surface area contributed by atoms with Crippen molar-refractivity contribution in [3.05, 3.63) is 42.1 Å². The third-order valence-electron chi connectivity index (χ3n) is 2.57. The first-order valence-electron chi connectivity index (χ1n) is 5.53. The molecule has 0 saturated heterocycles. The predicted molar refractivity (Wildman–Crippen MR) is 69.8 cm³/mol. The van der Waals surface area contributed by atoms with Crippen LogP contribution in [-0.4, -0.2) is 24.0 Å². The highest BCUT2D eigenvalue weighted by atomic mass is 32.2. The fourth-order valence-electron chi connectivity index (χ4n) is 1.59. The Bertz CT molecular complexity index is 728. The molecule has 0 aliphatic heterocycles. The summed E-state index contributed by atoms with van der Waals surface area (Å²) in [6.07, 6.45) is 1.62. The van der Waals surface area contributed by atoms with Crippen LogP contribution in [0.3, 0.4) is 0 Å². The molecule has 0 spiro atoms. The van der Waals surface area contributed by atoms with Crippen LogP contribution in [0.1, 0.15) is 5.56 Å². The summed E-state index contributed by atoms with van der Waals surface area (Å²) in [6.45, 7) is 0.219. The number of sulfone groups is 1. The molecule has 0 aliphatic rings. The van der Waals surface area contributed by atoms with Gasteiger partial charge in [-0.2, -0.15) is 10.4 Å². The molecule has 2 aromatic rings. The Labute approximate surface area is 111 Å². The number of benzene rings is 1. The summed E-state index contributed by atoms with van der Waals surface area (Å²) in [6, 6.07) is 9.48. The molecule has 2 N–H and O–H groups in total. The van der Waals surface area contributed by atoms with E-state index >= 15 is 0 Å². The molecular formula is C12H12N4O2S. The molecule has 0 amide bonds. The molecule has 2 rings (SSSR count). The molecular weight excluding hydrogens is 264 g/mol.